The Kier molecular flexibility index (Phi) is 5.39. The predicted molar refractivity (Wildman–Crippen MR) is 91.6 cm³/mol. The third-order valence-electron chi connectivity index (χ3n) is 4.94. The molecule has 0 radical (unpaired) electrons. The van der Waals surface area contributed by atoms with Crippen molar-refractivity contribution in [1.82, 2.24) is 14.9 Å². The summed E-state index contributed by atoms with van der Waals surface area (Å²) in [6, 6.07) is 1.41. The Labute approximate surface area is 151 Å². The van der Waals surface area contributed by atoms with Crippen LogP contribution in [-0.2, 0) is 11.0 Å². The highest BCUT2D eigenvalue weighted by atomic mass is 19.4. The summed E-state index contributed by atoms with van der Waals surface area (Å²) in [5.74, 6) is 0.838. The number of piperidine rings is 1. The number of halogens is 3. The van der Waals surface area contributed by atoms with Crippen LogP contribution in [0, 0.1) is 5.92 Å². The second kappa shape index (κ2) is 7.40. The van der Waals surface area contributed by atoms with Crippen molar-refractivity contribution < 1.29 is 18.0 Å². The number of aromatic nitrogens is 2. The standard InChI is InChI=1S/C18H25F3N4O/c1-12(2)9-17(26)24-7-5-14(6-8-24)25(13-3-4-13)16-10-15(18(19,20)21)22-11-23-16/h10-14H,3-9H2,1-2H3. The third-order valence-corrected chi connectivity index (χ3v) is 4.94. The second-order valence-corrected chi connectivity index (χ2v) is 7.61. The summed E-state index contributed by atoms with van der Waals surface area (Å²) in [6.45, 7) is 5.34. The molecule has 1 saturated carbocycles. The van der Waals surface area contributed by atoms with Gasteiger partial charge in [0.05, 0.1) is 0 Å². The molecule has 1 saturated heterocycles. The maximum absolute atomic E-state index is 13.0. The largest absolute Gasteiger partial charge is 0.433 e. The van der Waals surface area contributed by atoms with Gasteiger partial charge in [0.2, 0.25) is 5.91 Å². The number of carbonyl (C=O) groups is 1. The minimum atomic E-state index is -4.47. The van der Waals surface area contributed by atoms with Gasteiger partial charge in [-0.2, -0.15) is 13.2 Å². The number of carbonyl (C=O) groups excluding carboxylic acids is 1. The van der Waals surface area contributed by atoms with Crippen molar-refractivity contribution >= 4 is 11.7 Å². The molecule has 0 unspecified atom stereocenters. The molecule has 1 amide bonds. The van der Waals surface area contributed by atoms with Crippen LogP contribution < -0.4 is 4.90 Å². The molecule has 1 aromatic rings. The van der Waals surface area contributed by atoms with Gasteiger partial charge >= 0.3 is 6.18 Å². The van der Waals surface area contributed by atoms with E-state index in [1.54, 1.807) is 0 Å². The Balaban J connectivity index is 1.70. The van der Waals surface area contributed by atoms with Gasteiger partial charge in [0.1, 0.15) is 17.8 Å². The number of nitrogens with zero attached hydrogens (tertiary/aromatic N) is 4. The van der Waals surface area contributed by atoms with Gasteiger partial charge in [-0.05, 0) is 31.6 Å². The van der Waals surface area contributed by atoms with Crippen LogP contribution in [0.3, 0.4) is 0 Å². The van der Waals surface area contributed by atoms with Crippen LogP contribution in [0.4, 0.5) is 19.0 Å². The first-order chi connectivity index (χ1) is 12.3. The summed E-state index contributed by atoms with van der Waals surface area (Å²) in [6.07, 6.45) is 0.513. The van der Waals surface area contributed by atoms with E-state index in [1.165, 1.54) is 0 Å². The summed E-state index contributed by atoms with van der Waals surface area (Å²) in [5.41, 5.74) is -0.905. The molecule has 0 aromatic carbocycles. The van der Waals surface area contributed by atoms with Crippen molar-refractivity contribution in [2.24, 2.45) is 5.92 Å². The Morgan fingerprint density at radius 2 is 1.81 bits per heavy atom. The summed E-state index contributed by atoms with van der Waals surface area (Å²) in [4.78, 5) is 23.6. The van der Waals surface area contributed by atoms with Crippen LogP contribution >= 0.6 is 0 Å². The number of hydrogen-bond donors (Lipinski definition) is 0. The average molecular weight is 370 g/mol. The molecule has 26 heavy (non-hydrogen) atoms. The van der Waals surface area contributed by atoms with E-state index in [0.29, 0.717) is 31.2 Å². The number of likely N-dealkylation sites (tertiary alicyclic amines) is 1. The molecule has 0 atom stereocenters. The van der Waals surface area contributed by atoms with E-state index < -0.39 is 11.9 Å². The van der Waals surface area contributed by atoms with Gasteiger partial charge in [0.25, 0.3) is 0 Å². The van der Waals surface area contributed by atoms with E-state index >= 15 is 0 Å². The lowest BCUT2D eigenvalue weighted by Gasteiger charge is -2.39. The van der Waals surface area contributed by atoms with E-state index in [0.717, 1.165) is 38.1 Å². The fraction of sp³-hybridized carbons (Fsp3) is 0.722. The monoisotopic (exact) mass is 370 g/mol. The van der Waals surface area contributed by atoms with Gasteiger partial charge in [-0.1, -0.05) is 13.8 Å². The minimum Gasteiger partial charge on any atom is -0.350 e. The molecule has 0 spiro atoms. The van der Waals surface area contributed by atoms with Crippen molar-refractivity contribution in [2.45, 2.75) is 64.2 Å². The zero-order valence-corrected chi connectivity index (χ0v) is 15.2. The fourth-order valence-corrected chi connectivity index (χ4v) is 3.54. The molecule has 2 aliphatic rings. The zero-order chi connectivity index (χ0) is 18.9. The van der Waals surface area contributed by atoms with E-state index in [1.807, 2.05) is 23.6 Å². The Hall–Kier alpha value is -1.86. The normalized spacial score (nSPS) is 19.1. The summed E-state index contributed by atoms with van der Waals surface area (Å²) < 4.78 is 38.9. The highest BCUT2D eigenvalue weighted by Gasteiger charge is 2.39. The molecule has 2 heterocycles. The van der Waals surface area contributed by atoms with Crippen molar-refractivity contribution in [3.05, 3.63) is 18.1 Å². The maximum atomic E-state index is 13.0. The topological polar surface area (TPSA) is 49.3 Å². The number of hydrogen-bond acceptors (Lipinski definition) is 4. The lowest BCUT2D eigenvalue weighted by Crippen LogP contribution is -2.48. The van der Waals surface area contributed by atoms with Gasteiger partial charge in [-0.3, -0.25) is 4.79 Å². The highest BCUT2D eigenvalue weighted by molar-refractivity contribution is 5.76. The van der Waals surface area contributed by atoms with Crippen LogP contribution in [0.2, 0.25) is 0 Å². The van der Waals surface area contributed by atoms with E-state index in [4.69, 9.17) is 0 Å². The molecular formula is C18H25F3N4O. The van der Waals surface area contributed by atoms with Crippen molar-refractivity contribution in [1.29, 1.82) is 0 Å². The molecule has 1 aliphatic carbocycles. The summed E-state index contributed by atoms with van der Waals surface area (Å²) in [5, 5.41) is 0. The van der Waals surface area contributed by atoms with Gasteiger partial charge in [-0.25, -0.2) is 9.97 Å². The van der Waals surface area contributed by atoms with E-state index in [2.05, 4.69) is 9.97 Å². The van der Waals surface area contributed by atoms with Gasteiger partial charge in [0.15, 0.2) is 0 Å². The SMILES string of the molecule is CC(C)CC(=O)N1CCC(N(c2cc(C(F)(F)F)ncn2)C2CC2)CC1. The molecule has 2 fully saturated rings. The Bertz CT molecular complexity index is 638. The highest BCUT2D eigenvalue weighted by Crippen LogP contribution is 2.37. The quantitative estimate of drug-likeness (QED) is 0.796. The van der Waals surface area contributed by atoms with Crippen molar-refractivity contribution in [3.63, 3.8) is 0 Å². The number of amides is 1. The molecular weight excluding hydrogens is 345 g/mol. The molecule has 5 nitrogen and oxygen atoms in total. The van der Waals surface area contributed by atoms with Gasteiger partial charge < -0.3 is 9.80 Å². The Morgan fingerprint density at radius 1 is 1.19 bits per heavy atom. The number of anilines is 1. The smallest absolute Gasteiger partial charge is 0.350 e. The third kappa shape index (κ3) is 4.45. The molecule has 144 valence electrons. The summed E-state index contributed by atoms with van der Waals surface area (Å²) >= 11 is 0. The predicted octanol–water partition coefficient (Wildman–Crippen LogP) is 3.50. The Morgan fingerprint density at radius 3 is 2.35 bits per heavy atom. The minimum absolute atomic E-state index is 0.113. The molecule has 0 bridgehead atoms. The van der Waals surface area contributed by atoms with Crippen LogP contribution in [0.25, 0.3) is 0 Å². The molecule has 0 N–H and O–H groups in total. The first kappa shape index (κ1) is 18.9. The van der Waals surface area contributed by atoms with Gasteiger partial charge in [-0.15, -0.1) is 0 Å². The van der Waals surface area contributed by atoms with Crippen LogP contribution in [0.5, 0.6) is 0 Å². The number of rotatable bonds is 5. The van der Waals surface area contributed by atoms with E-state index in [-0.39, 0.29) is 18.0 Å². The average Bonchev–Trinajstić information content (AvgIpc) is 3.39. The number of alkyl halides is 3. The lowest BCUT2D eigenvalue weighted by molar-refractivity contribution is -0.141. The van der Waals surface area contributed by atoms with E-state index in [9.17, 15) is 18.0 Å². The first-order valence-corrected chi connectivity index (χ1v) is 9.21. The molecule has 1 aromatic heterocycles. The maximum Gasteiger partial charge on any atom is 0.433 e. The van der Waals surface area contributed by atoms with Crippen LogP contribution in [0.15, 0.2) is 12.4 Å². The summed E-state index contributed by atoms with van der Waals surface area (Å²) in [7, 11) is 0. The molecule has 1 aliphatic heterocycles. The first-order valence-electron chi connectivity index (χ1n) is 9.21. The lowest BCUT2D eigenvalue weighted by atomic mass is 10.0. The van der Waals surface area contributed by atoms with Gasteiger partial charge in [0, 0.05) is 37.7 Å². The van der Waals surface area contributed by atoms with Crippen LogP contribution in [0.1, 0.15) is 51.6 Å². The van der Waals surface area contributed by atoms with Crippen LogP contribution in [-0.4, -0.2) is 45.9 Å². The van der Waals surface area contributed by atoms with Crippen molar-refractivity contribution in [2.75, 3.05) is 18.0 Å². The fourth-order valence-electron chi connectivity index (χ4n) is 3.54. The second-order valence-electron chi connectivity index (χ2n) is 7.61. The zero-order valence-electron chi connectivity index (χ0n) is 15.2. The molecule has 3 rings (SSSR count). The molecule has 8 heteroatoms. The van der Waals surface area contributed by atoms with Crippen molar-refractivity contribution in [3.8, 4) is 0 Å².